The Morgan fingerprint density at radius 1 is 1.43 bits per heavy atom. The van der Waals surface area contributed by atoms with Gasteiger partial charge in [-0.2, -0.15) is 5.10 Å². The smallest absolute Gasteiger partial charge is 0.184 e. The third kappa shape index (κ3) is 1.77. The van der Waals surface area contributed by atoms with Crippen molar-refractivity contribution in [2.75, 3.05) is 0 Å². The summed E-state index contributed by atoms with van der Waals surface area (Å²) in [7, 11) is 0. The fourth-order valence-electron chi connectivity index (χ4n) is 1.18. The monoisotopic (exact) mass is 204 g/mol. The Morgan fingerprint density at radius 3 is 2.93 bits per heavy atom. The summed E-state index contributed by atoms with van der Waals surface area (Å²) in [6.07, 6.45) is 1.86. The van der Waals surface area contributed by atoms with Crippen molar-refractivity contribution >= 4 is 29.2 Å². The maximum atomic E-state index is 5.23. The highest BCUT2D eigenvalue weighted by atomic mass is 32.1. The van der Waals surface area contributed by atoms with E-state index in [1.165, 1.54) is 0 Å². The Bertz CT molecular complexity index is 481. The van der Waals surface area contributed by atoms with Gasteiger partial charge in [-0.15, -0.1) is 0 Å². The number of benzene rings is 1. The van der Waals surface area contributed by atoms with E-state index in [0.29, 0.717) is 5.84 Å². The van der Waals surface area contributed by atoms with E-state index in [4.69, 9.17) is 5.73 Å². The normalized spacial score (nSPS) is 15.6. The molecule has 3 N–H and O–H groups in total. The van der Waals surface area contributed by atoms with Gasteiger partial charge in [0, 0.05) is 5.22 Å². The second-order valence-corrected chi connectivity index (χ2v) is 3.20. The average molecular weight is 204 g/mol. The standard InChI is InChI=1S/C9H8N4S/c10-9(14)13-12-8-5-6-3-1-2-4-7(6)11-8/h1-5H,(H3,10,13,14). The highest BCUT2D eigenvalue weighted by molar-refractivity contribution is 7.80. The van der Waals surface area contributed by atoms with Crippen LogP contribution in [0.25, 0.3) is 6.08 Å². The lowest BCUT2D eigenvalue weighted by Gasteiger charge is -1.93. The van der Waals surface area contributed by atoms with Crippen molar-refractivity contribution < 1.29 is 0 Å². The molecule has 14 heavy (non-hydrogen) atoms. The number of rotatable bonds is 1. The van der Waals surface area contributed by atoms with Gasteiger partial charge in [0.25, 0.3) is 0 Å². The van der Waals surface area contributed by atoms with Gasteiger partial charge in [0.05, 0.1) is 5.36 Å². The third-order valence-electron chi connectivity index (χ3n) is 1.74. The molecule has 1 heterocycles. The van der Waals surface area contributed by atoms with Crippen LogP contribution in [0.3, 0.4) is 0 Å². The number of amidine groups is 1. The lowest BCUT2D eigenvalue weighted by Crippen LogP contribution is -2.24. The quantitative estimate of drug-likeness (QED) is 0.467. The molecule has 1 aromatic rings. The molecule has 2 rings (SSSR count). The molecule has 0 fully saturated rings. The van der Waals surface area contributed by atoms with Crippen molar-refractivity contribution in [3.63, 3.8) is 0 Å². The summed E-state index contributed by atoms with van der Waals surface area (Å²) in [6.45, 7) is 0. The lowest BCUT2D eigenvalue weighted by atomic mass is 10.3. The van der Waals surface area contributed by atoms with Crippen molar-refractivity contribution in [2.45, 2.75) is 0 Å². The third-order valence-corrected chi connectivity index (χ3v) is 1.83. The van der Waals surface area contributed by atoms with Crippen LogP contribution in [-0.4, -0.2) is 10.9 Å². The van der Waals surface area contributed by atoms with Crippen LogP contribution in [-0.2, 0) is 0 Å². The molecule has 0 aliphatic carbocycles. The maximum absolute atomic E-state index is 5.23. The highest BCUT2D eigenvalue weighted by Gasteiger charge is 2.00. The Kier molecular flexibility index (Phi) is 2.24. The molecule has 0 saturated heterocycles. The predicted molar refractivity (Wildman–Crippen MR) is 59.0 cm³/mol. The van der Waals surface area contributed by atoms with Gasteiger partial charge in [-0.1, -0.05) is 18.2 Å². The first-order valence-electron chi connectivity index (χ1n) is 4.04. The van der Waals surface area contributed by atoms with Gasteiger partial charge in [0.15, 0.2) is 10.9 Å². The number of hydrazone groups is 1. The summed E-state index contributed by atoms with van der Waals surface area (Å²) in [5, 5.41) is 6.02. The maximum Gasteiger partial charge on any atom is 0.184 e. The van der Waals surface area contributed by atoms with Crippen LogP contribution >= 0.6 is 12.2 Å². The van der Waals surface area contributed by atoms with E-state index in [1.54, 1.807) is 0 Å². The van der Waals surface area contributed by atoms with Gasteiger partial charge in [0.1, 0.15) is 0 Å². The molecule has 0 bridgehead atoms. The van der Waals surface area contributed by atoms with E-state index in [1.807, 2.05) is 30.3 Å². The Labute approximate surface area is 85.8 Å². The fourth-order valence-corrected chi connectivity index (χ4v) is 1.22. The van der Waals surface area contributed by atoms with Gasteiger partial charge in [-0.3, -0.25) is 5.43 Å². The van der Waals surface area contributed by atoms with E-state index in [-0.39, 0.29) is 5.11 Å². The van der Waals surface area contributed by atoms with Crippen LogP contribution < -0.4 is 21.7 Å². The fraction of sp³-hybridized carbons (Fsp3) is 0. The van der Waals surface area contributed by atoms with Crippen LogP contribution in [0.2, 0.25) is 0 Å². The number of nitrogens with one attached hydrogen (secondary N) is 1. The number of hydrogen-bond donors (Lipinski definition) is 2. The minimum Gasteiger partial charge on any atom is -0.375 e. The Hall–Kier alpha value is -1.75. The van der Waals surface area contributed by atoms with Gasteiger partial charge < -0.3 is 5.73 Å². The van der Waals surface area contributed by atoms with Crippen LogP contribution in [0.5, 0.6) is 0 Å². The van der Waals surface area contributed by atoms with Crippen molar-refractivity contribution in [1.82, 2.24) is 5.43 Å². The average Bonchev–Trinajstić information content (AvgIpc) is 2.57. The summed E-state index contributed by atoms with van der Waals surface area (Å²) >= 11 is 4.62. The number of para-hydroxylation sites is 1. The molecule has 5 heteroatoms. The van der Waals surface area contributed by atoms with E-state index < -0.39 is 0 Å². The molecule has 1 aliphatic heterocycles. The molecule has 0 amide bonds. The molecule has 70 valence electrons. The first-order valence-corrected chi connectivity index (χ1v) is 4.45. The highest BCUT2D eigenvalue weighted by Crippen LogP contribution is 1.86. The molecular weight excluding hydrogens is 196 g/mol. The lowest BCUT2D eigenvalue weighted by molar-refractivity contribution is 1.03. The number of hydrogen-bond acceptors (Lipinski definition) is 2. The number of fused-ring (bicyclic) bond motifs is 1. The number of nitrogens with zero attached hydrogens (tertiary/aromatic N) is 2. The van der Waals surface area contributed by atoms with Crippen molar-refractivity contribution in [3.8, 4) is 0 Å². The van der Waals surface area contributed by atoms with Gasteiger partial charge in [-0.25, -0.2) is 4.99 Å². The zero-order chi connectivity index (χ0) is 9.97. The number of nitrogens with two attached hydrogens (primary N) is 1. The topological polar surface area (TPSA) is 62.8 Å². The zero-order valence-corrected chi connectivity index (χ0v) is 8.08. The summed E-state index contributed by atoms with van der Waals surface area (Å²) < 4.78 is 0. The SMILES string of the molecule is NC(=S)NN=C1C=c2ccccc2=N1. The van der Waals surface area contributed by atoms with Crippen molar-refractivity contribution in [1.29, 1.82) is 0 Å². The molecule has 0 spiro atoms. The first kappa shape index (κ1) is 8.83. The second-order valence-electron chi connectivity index (χ2n) is 2.76. The zero-order valence-electron chi connectivity index (χ0n) is 7.27. The summed E-state index contributed by atoms with van der Waals surface area (Å²) in [5.74, 6) is 0.582. The van der Waals surface area contributed by atoms with Gasteiger partial charge in [0.2, 0.25) is 0 Å². The van der Waals surface area contributed by atoms with E-state index >= 15 is 0 Å². The van der Waals surface area contributed by atoms with Crippen molar-refractivity contribution in [3.05, 3.63) is 34.8 Å². The summed E-state index contributed by atoms with van der Waals surface area (Å²) in [4.78, 5) is 4.24. The van der Waals surface area contributed by atoms with E-state index in [9.17, 15) is 0 Å². The molecule has 0 saturated carbocycles. The first-order chi connectivity index (χ1) is 6.75. The molecule has 0 radical (unpaired) electrons. The van der Waals surface area contributed by atoms with Crippen LogP contribution in [0, 0.1) is 0 Å². The minimum absolute atomic E-state index is 0.136. The van der Waals surface area contributed by atoms with Crippen LogP contribution in [0.4, 0.5) is 0 Å². The van der Waals surface area contributed by atoms with Crippen LogP contribution in [0.15, 0.2) is 34.4 Å². The van der Waals surface area contributed by atoms with Crippen molar-refractivity contribution in [2.24, 2.45) is 15.8 Å². The molecule has 0 unspecified atom stereocenters. The molecule has 1 aliphatic rings. The minimum atomic E-state index is 0.136. The van der Waals surface area contributed by atoms with Gasteiger partial charge in [-0.05, 0) is 24.4 Å². The summed E-state index contributed by atoms with van der Waals surface area (Å²) in [5.41, 5.74) is 7.73. The molecule has 4 nitrogen and oxygen atoms in total. The predicted octanol–water partition coefficient (Wildman–Crippen LogP) is -0.753. The van der Waals surface area contributed by atoms with E-state index in [2.05, 4.69) is 27.7 Å². The Morgan fingerprint density at radius 2 is 2.21 bits per heavy atom. The second kappa shape index (κ2) is 3.55. The van der Waals surface area contributed by atoms with Gasteiger partial charge >= 0.3 is 0 Å². The summed E-state index contributed by atoms with van der Waals surface area (Å²) in [6, 6.07) is 7.78. The molecule has 1 aromatic carbocycles. The Balaban J connectivity index is 2.35. The van der Waals surface area contributed by atoms with Crippen LogP contribution in [0.1, 0.15) is 0 Å². The molecule has 0 atom stereocenters. The van der Waals surface area contributed by atoms with E-state index in [0.717, 1.165) is 10.6 Å². The number of thiocarbonyl (C=S) groups is 1. The largest absolute Gasteiger partial charge is 0.375 e. The molecule has 0 aromatic heterocycles. The molecular formula is C9H8N4S.